The van der Waals surface area contributed by atoms with Gasteiger partial charge in [0.1, 0.15) is 0 Å². The molecule has 1 aromatic rings. The van der Waals surface area contributed by atoms with Crippen molar-refractivity contribution >= 4 is 17.2 Å². The van der Waals surface area contributed by atoms with E-state index in [1.54, 1.807) is 11.3 Å². The molecule has 80 valence electrons. The van der Waals surface area contributed by atoms with Gasteiger partial charge >= 0.3 is 0 Å². The van der Waals surface area contributed by atoms with Crippen molar-refractivity contribution in [3.8, 4) is 0 Å². The van der Waals surface area contributed by atoms with Gasteiger partial charge in [0, 0.05) is 17.2 Å². The van der Waals surface area contributed by atoms with Gasteiger partial charge in [-0.2, -0.15) is 0 Å². The highest BCUT2D eigenvalue weighted by Crippen LogP contribution is 2.41. The smallest absolute Gasteiger partial charge is 0.223 e. The Hall–Kier alpha value is -0.900. The molecule has 0 aliphatic heterocycles. The number of nitrogens with one attached hydrogen (secondary N) is 1. The average Bonchev–Trinajstić information content (AvgIpc) is 3.12. The van der Waals surface area contributed by atoms with E-state index in [9.17, 15) is 4.79 Å². The Morgan fingerprint density at radius 3 is 2.93 bits per heavy atom. The summed E-state index contributed by atoms with van der Waals surface area (Å²) in [7, 11) is 0. The monoisotopic (exact) mass is 222 g/mol. The Balaban J connectivity index is 1.54. The maximum absolute atomic E-state index is 11.4. The van der Waals surface area contributed by atoms with E-state index in [0.717, 1.165) is 24.5 Å². The molecule has 1 heterocycles. The van der Waals surface area contributed by atoms with Gasteiger partial charge in [0.15, 0.2) is 0 Å². The molecule has 0 spiro atoms. The highest BCUT2D eigenvalue weighted by atomic mass is 32.1. The fourth-order valence-corrected chi connectivity index (χ4v) is 2.58. The second kappa shape index (κ2) is 3.59. The minimum atomic E-state index is 0.205. The number of rotatable bonds is 4. The number of hydrogen-bond donors (Lipinski definition) is 1. The van der Waals surface area contributed by atoms with Crippen LogP contribution in [0.5, 0.6) is 0 Å². The molecule has 2 aliphatic rings. The minimum absolute atomic E-state index is 0.205. The van der Waals surface area contributed by atoms with E-state index >= 15 is 0 Å². The Kier molecular flexibility index (Phi) is 2.24. The zero-order valence-electron chi connectivity index (χ0n) is 8.53. The third-order valence-corrected chi connectivity index (χ3v) is 3.94. The van der Waals surface area contributed by atoms with E-state index < -0.39 is 0 Å². The Morgan fingerprint density at radius 2 is 2.27 bits per heavy atom. The van der Waals surface area contributed by atoms with Crippen molar-refractivity contribution in [2.75, 3.05) is 0 Å². The van der Waals surface area contributed by atoms with Crippen LogP contribution in [0.25, 0.3) is 0 Å². The molecule has 0 bridgehead atoms. The number of carbonyl (C=O) groups excluding carboxylic acids is 1. The van der Waals surface area contributed by atoms with Gasteiger partial charge in [0.05, 0.1) is 17.2 Å². The summed E-state index contributed by atoms with van der Waals surface area (Å²) in [5.74, 6) is 1.23. The molecule has 3 nitrogen and oxygen atoms in total. The molecule has 3 rings (SSSR count). The number of nitrogens with zero attached hydrogens (tertiary/aromatic N) is 1. The van der Waals surface area contributed by atoms with Crippen molar-refractivity contribution in [2.45, 2.75) is 38.1 Å². The first-order valence-electron chi connectivity index (χ1n) is 5.55. The molecule has 0 aromatic carbocycles. The van der Waals surface area contributed by atoms with Gasteiger partial charge in [0.25, 0.3) is 0 Å². The van der Waals surface area contributed by atoms with Crippen molar-refractivity contribution in [2.24, 2.45) is 5.92 Å². The molecule has 2 aliphatic carbocycles. The van der Waals surface area contributed by atoms with E-state index in [-0.39, 0.29) is 5.91 Å². The maximum atomic E-state index is 11.4. The quantitative estimate of drug-likeness (QED) is 0.847. The lowest BCUT2D eigenvalue weighted by Crippen LogP contribution is -2.24. The lowest BCUT2D eigenvalue weighted by molar-refractivity contribution is -0.122. The first kappa shape index (κ1) is 9.33. The number of amides is 1. The highest BCUT2D eigenvalue weighted by molar-refractivity contribution is 7.09. The summed E-state index contributed by atoms with van der Waals surface area (Å²) in [5, 5.41) is 6.26. The van der Waals surface area contributed by atoms with Crippen molar-refractivity contribution < 1.29 is 4.79 Å². The summed E-state index contributed by atoms with van der Waals surface area (Å²) >= 11 is 1.73. The van der Waals surface area contributed by atoms with Gasteiger partial charge in [-0.1, -0.05) is 0 Å². The summed E-state index contributed by atoms with van der Waals surface area (Å²) in [6.07, 6.45) is 4.72. The molecule has 15 heavy (non-hydrogen) atoms. The van der Waals surface area contributed by atoms with E-state index in [0.29, 0.717) is 12.5 Å². The first-order valence-corrected chi connectivity index (χ1v) is 6.43. The molecular weight excluding hydrogens is 208 g/mol. The van der Waals surface area contributed by atoms with Crippen LogP contribution in [-0.2, 0) is 11.3 Å². The standard InChI is InChI=1S/C11H14N2OS/c14-10(7-1-2-7)12-5-9-6-15-11(13-9)8-3-4-8/h6-8H,1-5H2,(H,12,14). The SMILES string of the molecule is O=C(NCc1csc(C2CC2)n1)C1CC1. The zero-order valence-corrected chi connectivity index (χ0v) is 9.35. The summed E-state index contributed by atoms with van der Waals surface area (Å²) in [5.41, 5.74) is 1.02. The molecule has 2 fully saturated rings. The summed E-state index contributed by atoms with van der Waals surface area (Å²) in [6.45, 7) is 0.610. The van der Waals surface area contributed by atoms with Crippen LogP contribution < -0.4 is 5.32 Å². The summed E-state index contributed by atoms with van der Waals surface area (Å²) in [6, 6.07) is 0. The average molecular weight is 222 g/mol. The molecule has 1 N–H and O–H groups in total. The van der Waals surface area contributed by atoms with E-state index in [4.69, 9.17) is 0 Å². The second-order valence-electron chi connectivity index (χ2n) is 4.44. The molecule has 2 saturated carbocycles. The Labute approximate surface area is 92.9 Å². The topological polar surface area (TPSA) is 42.0 Å². The van der Waals surface area contributed by atoms with Crippen LogP contribution in [-0.4, -0.2) is 10.9 Å². The van der Waals surface area contributed by atoms with Crippen LogP contribution in [0.4, 0.5) is 0 Å². The third-order valence-electron chi connectivity index (χ3n) is 2.89. The molecular formula is C11H14N2OS. The second-order valence-corrected chi connectivity index (χ2v) is 5.33. The molecule has 0 unspecified atom stereocenters. The van der Waals surface area contributed by atoms with E-state index in [1.807, 2.05) is 0 Å². The molecule has 0 radical (unpaired) electrons. The lowest BCUT2D eigenvalue weighted by atomic mass is 10.4. The van der Waals surface area contributed by atoms with Gasteiger partial charge < -0.3 is 5.32 Å². The highest BCUT2D eigenvalue weighted by Gasteiger charge is 2.29. The lowest BCUT2D eigenvalue weighted by Gasteiger charge is -2.00. The predicted octanol–water partition coefficient (Wildman–Crippen LogP) is 2.05. The molecule has 0 atom stereocenters. The van der Waals surface area contributed by atoms with Crippen molar-refractivity contribution in [3.63, 3.8) is 0 Å². The van der Waals surface area contributed by atoms with Crippen LogP contribution in [0.3, 0.4) is 0 Å². The number of carbonyl (C=O) groups is 1. The van der Waals surface area contributed by atoms with Crippen LogP contribution in [0, 0.1) is 5.92 Å². The van der Waals surface area contributed by atoms with Crippen molar-refractivity contribution in [1.82, 2.24) is 10.3 Å². The molecule has 0 saturated heterocycles. The van der Waals surface area contributed by atoms with Gasteiger partial charge in [-0.3, -0.25) is 4.79 Å². The van der Waals surface area contributed by atoms with Crippen molar-refractivity contribution in [1.29, 1.82) is 0 Å². The number of aromatic nitrogens is 1. The summed E-state index contributed by atoms with van der Waals surface area (Å²) in [4.78, 5) is 15.9. The van der Waals surface area contributed by atoms with Crippen molar-refractivity contribution in [3.05, 3.63) is 16.1 Å². The fraction of sp³-hybridized carbons (Fsp3) is 0.636. The van der Waals surface area contributed by atoms with E-state index in [2.05, 4.69) is 15.7 Å². The van der Waals surface area contributed by atoms with Crippen LogP contribution >= 0.6 is 11.3 Å². The van der Waals surface area contributed by atoms with Gasteiger partial charge in [-0.15, -0.1) is 11.3 Å². The Bertz CT molecular complexity index is 380. The predicted molar refractivity (Wildman–Crippen MR) is 58.7 cm³/mol. The normalized spacial score (nSPS) is 20.3. The number of hydrogen-bond acceptors (Lipinski definition) is 3. The summed E-state index contributed by atoms with van der Waals surface area (Å²) < 4.78 is 0. The third kappa shape index (κ3) is 2.20. The maximum Gasteiger partial charge on any atom is 0.223 e. The van der Waals surface area contributed by atoms with Crippen LogP contribution in [0.15, 0.2) is 5.38 Å². The van der Waals surface area contributed by atoms with Crippen LogP contribution in [0.2, 0.25) is 0 Å². The Morgan fingerprint density at radius 1 is 1.47 bits per heavy atom. The zero-order chi connectivity index (χ0) is 10.3. The van der Waals surface area contributed by atoms with E-state index in [1.165, 1.54) is 17.8 Å². The fourth-order valence-electron chi connectivity index (χ4n) is 1.59. The number of thiazole rings is 1. The van der Waals surface area contributed by atoms with Gasteiger partial charge in [-0.05, 0) is 25.7 Å². The van der Waals surface area contributed by atoms with Crippen LogP contribution in [0.1, 0.15) is 42.3 Å². The van der Waals surface area contributed by atoms with Gasteiger partial charge in [-0.25, -0.2) is 4.98 Å². The molecule has 1 aromatic heterocycles. The van der Waals surface area contributed by atoms with Gasteiger partial charge in [0.2, 0.25) is 5.91 Å². The molecule has 4 heteroatoms. The first-order chi connectivity index (χ1) is 7.33. The minimum Gasteiger partial charge on any atom is -0.350 e. The molecule has 1 amide bonds. The largest absolute Gasteiger partial charge is 0.350 e.